The summed E-state index contributed by atoms with van der Waals surface area (Å²) in [6.07, 6.45) is 0. The molecule has 60 valence electrons. The van der Waals surface area contributed by atoms with E-state index in [1.165, 1.54) is 0 Å². The Bertz CT molecular complexity index is 241. The minimum Gasteiger partial charge on any atom is -0.776 e. The van der Waals surface area contributed by atoms with Crippen LogP contribution in [0.15, 0.2) is 28.7 Å². The molecule has 3 nitrogen and oxygen atoms in total. The Balaban J connectivity index is 2.78. The molecule has 1 unspecified atom stereocenters. The van der Waals surface area contributed by atoms with E-state index in [0.29, 0.717) is 10.2 Å². The van der Waals surface area contributed by atoms with Crippen LogP contribution < -0.4 is 9.42 Å². The summed E-state index contributed by atoms with van der Waals surface area (Å²) in [5, 5.41) is 0. The van der Waals surface area contributed by atoms with Gasteiger partial charge in [0.2, 0.25) is 0 Å². The lowest BCUT2D eigenvalue weighted by Crippen LogP contribution is -1.99. The van der Waals surface area contributed by atoms with E-state index >= 15 is 0 Å². The number of hydrogen-bond acceptors (Lipinski definition) is 3. The molecule has 0 aliphatic carbocycles. The first-order valence-electron chi connectivity index (χ1n) is 2.79. The van der Waals surface area contributed by atoms with Gasteiger partial charge in [0.25, 0.3) is 0 Å². The summed E-state index contributed by atoms with van der Waals surface area (Å²) in [7, 11) is -2.57. The third-order valence-electron chi connectivity index (χ3n) is 1.01. The summed E-state index contributed by atoms with van der Waals surface area (Å²) in [6, 6.07) is 6.85. The second-order valence-corrected chi connectivity index (χ2v) is 3.27. The first kappa shape index (κ1) is 8.94. The lowest BCUT2D eigenvalue weighted by atomic mass is 10.3. The van der Waals surface area contributed by atoms with Crippen LogP contribution in [0.2, 0.25) is 0 Å². The standard InChI is InChI=1S/C6H5BrO3P/c7-5-3-1-2-4-6(5)10-11(8)9/h1-4,8H/q-1. The van der Waals surface area contributed by atoms with Gasteiger partial charge in [-0.1, -0.05) is 12.1 Å². The average Bonchev–Trinajstić information content (AvgIpc) is 1.93. The molecule has 1 atom stereocenters. The summed E-state index contributed by atoms with van der Waals surface area (Å²) < 4.78 is 5.23. The van der Waals surface area contributed by atoms with Crippen molar-refractivity contribution >= 4 is 24.5 Å². The highest BCUT2D eigenvalue weighted by atomic mass is 79.9. The predicted molar refractivity (Wildman–Crippen MR) is 43.9 cm³/mol. The zero-order chi connectivity index (χ0) is 8.27. The van der Waals surface area contributed by atoms with Gasteiger partial charge < -0.3 is 14.3 Å². The van der Waals surface area contributed by atoms with Crippen molar-refractivity contribution < 1.29 is 14.3 Å². The Hall–Kier alpha value is -0.150. The Kier molecular flexibility index (Phi) is 3.27. The summed E-state index contributed by atoms with van der Waals surface area (Å²) in [6.45, 7) is 0. The monoisotopic (exact) mass is 235 g/mol. The van der Waals surface area contributed by atoms with Crippen molar-refractivity contribution in [1.82, 2.24) is 0 Å². The molecule has 1 N–H and O–H groups in total. The highest BCUT2D eigenvalue weighted by molar-refractivity contribution is 9.10. The van der Waals surface area contributed by atoms with Crippen LogP contribution in [0.5, 0.6) is 5.75 Å². The molecule has 0 amide bonds. The Morgan fingerprint density at radius 2 is 2.09 bits per heavy atom. The molecule has 0 aromatic heterocycles. The molecular formula is C6H5BrO3P-. The normalized spacial score (nSPS) is 12.6. The SMILES string of the molecule is [O-]P(O)Oc1ccccc1Br. The number of benzene rings is 1. The highest BCUT2D eigenvalue weighted by Crippen LogP contribution is 2.31. The van der Waals surface area contributed by atoms with Gasteiger partial charge in [0, 0.05) is 0 Å². The van der Waals surface area contributed by atoms with E-state index in [0.717, 1.165) is 0 Å². The maximum Gasteiger partial charge on any atom is 0.144 e. The molecular weight excluding hydrogens is 231 g/mol. The van der Waals surface area contributed by atoms with Gasteiger partial charge in [0.15, 0.2) is 0 Å². The molecule has 0 heterocycles. The molecule has 0 radical (unpaired) electrons. The van der Waals surface area contributed by atoms with Gasteiger partial charge in [-0.15, -0.1) is 0 Å². The minimum atomic E-state index is -2.57. The molecule has 1 aromatic rings. The zero-order valence-electron chi connectivity index (χ0n) is 5.40. The third kappa shape index (κ3) is 2.75. The Labute approximate surface area is 73.8 Å². The van der Waals surface area contributed by atoms with E-state index in [4.69, 9.17) is 4.89 Å². The van der Waals surface area contributed by atoms with Crippen LogP contribution in [0, 0.1) is 0 Å². The maximum absolute atomic E-state index is 10.2. The average molecular weight is 236 g/mol. The summed E-state index contributed by atoms with van der Waals surface area (Å²) in [5.74, 6) is 0.371. The van der Waals surface area contributed by atoms with Crippen LogP contribution in [0.25, 0.3) is 0 Å². The van der Waals surface area contributed by atoms with E-state index in [2.05, 4.69) is 20.5 Å². The van der Waals surface area contributed by atoms with Crippen molar-refractivity contribution in [2.75, 3.05) is 0 Å². The van der Waals surface area contributed by atoms with Gasteiger partial charge in [0.1, 0.15) is 14.4 Å². The van der Waals surface area contributed by atoms with Crippen LogP contribution in [-0.2, 0) is 0 Å². The quantitative estimate of drug-likeness (QED) is 0.789. The molecule has 0 fully saturated rings. The van der Waals surface area contributed by atoms with E-state index in [9.17, 15) is 4.89 Å². The van der Waals surface area contributed by atoms with Crippen LogP contribution in [-0.4, -0.2) is 4.89 Å². The van der Waals surface area contributed by atoms with Crippen molar-refractivity contribution in [3.63, 3.8) is 0 Å². The molecule has 1 rings (SSSR count). The van der Waals surface area contributed by atoms with Crippen LogP contribution in [0.3, 0.4) is 0 Å². The maximum atomic E-state index is 10.2. The second kappa shape index (κ2) is 4.02. The summed E-state index contributed by atoms with van der Waals surface area (Å²) in [5.41, 5.74) is 0. The second-order valence-electron chi connectivity index (χ2n) is 1.76. The van der Waals surface area contributed by atoms with Gasteiger partial charge in [-0.3, -0.25) is 0 Å². The molecule has 5 heteroatoms. The molecule has 0 saturated carbocycles. The first-order valence-corrected chi connectivity index (χ1v) is 4.71. The van der Waals surface area contributed by atoms with Crippen molar-refractivity contribution in [2.45, 2.75) is 0 Å². The lowest BCUT2D eigenvalue weighted by molar-refractivity contribution is -0.191. The van der Waals surface area contributed by atoms with E-state index < -0.39 is 8.60 Å². The summed E-state index contributed by atoms with van der Waals surface area (Å²) >= 11 is 3.16. The number of halogens is 1. The molecule has 0 saturated heterocycles. The third-order valence-corrected chi connectivity index (χ3v) is 2.02. The molecule has 0 aliphatic heterocycles. The van der Waals surface area contributed by atoms with Crippen molar-refractivity contribution in [1.29, 1.82) is 0 Å². The summed E-state index contributed by atoms with van der Waals surface area (Å²) in [4.78, 5) is 18.6. The molecule has 0 spiro atoms. The fourth-order valence-corrected chi connectivity index (χ4v) is 1.42. The van der Waals surface area contributed by atoms with Crippen LogP contribution in [0.4, 0.5) is 0 Å². The minimum absolute atomic E-state index is 0.371. The number of hydrogen-bond donors (Lipinski definition) is 1. The topological polar surface area (TPSA) is 52.5 Å². The lowest BCUT2D eigenvalue weighted by Gasteiger charge is -2.16. The fraction of sp³-hybridized carbons (Fsp3) is 0. The Morgan fingerprint density at radius 1 is 1.45 bits per heavy atom. The van der Waals surface area contributed by atoms with Gasteiger partial charge in [-0.05, 0) is 28.1 Å². The van der Waals surface area contributed by atoms with Crippen molar-refractivity contribution in [3.8, 4) is 5.75 Å². The zero-order valence-corrected chi connectivity index (χ0v) is 7.88. The molecule has 0 aliphatic rings. The van der Waals surface area contributed by atoms with Gasteiger partial charge in [-0.2, -0.15) is 0 Å². The van der Waals surface area contributed by atoms with E-state index in [1.54, 1.807) is 24.3 Å². The van der Waals surface area contributed by atoms with E-state index in [1.807, 2.05) is 0 Å². The van der Waals surface area contributed by atoms with Gasteiger partial charge in [0.05, 0.1) is 4.47 Å². The first-order chi connectivity index (χ1) is 5.20. The van der Waals surface area contributed by atoms with Crippen LogP contribution >= 0.6 is 24.5 Å². The van der Waals surface area contributed by atoms with Crippen LogP contribution in [0.1, 0.15) is 0 Å². The van der Waals surface area contributed by atoms with E-state index in [-0.39, 0.29) is 0 Å². The number of rotatable bonds is 2. The van der Waals surface area contributed by atoms with Crippen molar-refractivity contribution in [2.24, 2.45) is 0 Å². The van der Waals surface area contributed by atoms with Crippen molar-refractivity contribution in [3.05, 3.63) is 28.7 Å². The smallest absolute Gasteiger partial charge is 0.144 e. The fourth-order valence-electron chi connectivity index (χ4n) is 0.603. The van der Waals surface area contributed by atoms with Gasteiger partial charge in [-0.25, -0.2) is 0 Å². The number of para-hydroxylation sites is 1. The van der Waals surface area contributed by atoms with Gasteiger partial charge >= 0.3 is 0 Å². The predicted octanol–water partition coefficient (Wildman–Crippen LogP) is 1.41. The largest absolute Gasteiger partial charge is 0.776 e. The molecule has 11 heavy (non-hydrogen) atoms. The highest BCUT2D eigenvalue weighted by Gasteiger charge is 1.98. The molecule has 0 bridgehead atoms. The molecule has 1 aromatic carbocycles. The Morgan fingerprint density at radius 3 is 2.64 bits per heavy atom.